The lowest BCUT2D eigenvalue weighted by molar-refractivity contribution is -0.136. The third-order valence-electron chi connectivity index (χ3n) is 15.7. The summed E-state index contributed by atoms with van der Waals surface area (Å²) in [5.74, 6) is -0.703. The Morgan fingerprint density at radius 1 is 0.806 bits per heavy atom. The van der Waals surface area contributed by atoms with Gasteiger partial charge in [-0.1, -0.05) is 13.8 Å². The zero-order valence-corrected chi connectivity index (χ0v) is 41.6. The fourth-order valence-electron chi connectivity index (χ4n) is 12.3. The highest BCUT2D eigenvalue weighted by Gasteiger charge is 2.45. The number of carbonyl (C=O) groups excluding carboxylic acids is 5. The second kappa shape index (κ2) is 18.1. The molecule has 72 heavy (non-hydrogen) atoms. The Kier molecular flexibility index (Phi) is 11.9. The summed E-state index contributed by atoms with van der Waals surface area (Å²) in [5.41, 5.74) is 8.38. The van der Waals surface area contributed by atoms with Gasteiger partial charge in [0.05, 0.1) is 36.2 Å². The van der Waals surface area contributed by atoms with Crippen molar-refractivity contribution in [1.29, 1.82) is 0 Å². The molecule has 3 saturated heterocycles. The fraction of sp³-hybridized carbons (Fsp3) is 0.444. The molecule has 6 aliphatic rings. The van der Waals surface area contributed by atoms with Gasteiger partial charge in [0.1, 0.15) is 29.1 Å². The Morgan fingerprint density at radius 3 is 2.33 bits per heavy atom. The Bertz CT molecular complexity index is 3040. The van der Waals surface area contributed by atoms with E-state index in [4.69, 9.17) is 14.7 Å². The third kappa shape index (κ3) is 8.23. The maximum atomic E-state index is 14.1. The molecule has 3 N–H and O–H groups in total. The van der Waals surface area contributed by atoms with E-state index in [-0.39, 0.29) is 41.8 Å². The molecule has 1 aromatic carbocycles. The number of nitrogens with one attached hydrogen (secondary N) is 2. The van der Waals surface area contributed by atoms with Crippen molar-refractivity contribution < 1.29 is 33.8 Å². The average molecular weight is 976 g/mol. The fourth-order valence-corrected chi connectivity index (χ4v) is 12.3. The predicted molar refractivity (Wildman–Crippen MR) is 271 cm³/mol. The van der Waals surface area contributed by atoms with Crippen LogP contribution in [-0.2, 0) is 29.0 Å². The molecule has 1 aliphatic carbocycles. The molecule has 0 saturated carbocycles. The summed E-state index contributed by atoms with van der Waals surface area (Å²) in [5, 5.41) is 17.0. The molecule has 3 fully saturated rings. The highest BCUT2D eigenvalue weighted by atomic mass is 16.5. The van der Waals surface area contributed by atoms with Crippen LogP contribution in [0.3, 0.4) is 0 Å². The maximum Gasteiger partial charge on any atom is 0.276 e. The van der Waals surface area contributed by atoms with E-state index in [1.165, 1.54) is 11.3 Å². The van der Waals surface area contributed by atoms with Crippen molar-refractivity contribution in [2.24, 2.45) is 5.41 Å². The second-order valence-corrected chi connectivity index (χ2v) is 21.1. The van der Waals surface area contributed by atoms with Gasteiger partial charge in [-0.25, -0.2) is 15.0 Å². The van der Waals surface area contributed by atoms with E-state index in [1.54, 1.807) is 43.5 Å². The number of imide groups is 2. The lowest BCUT2D eigenvalue weighted by atomic mass is 9.90. The summed E-state index contributed by atoms with van der Waals surface area (Å²) in [4.78, 5) is 89.5. The number of rotatable bonds is 10. The standard InChI is InChI=1S/C54H61N11O7/c1-30-21-35(14-16-61(30)36-7-9-39-40(24-36)52(70)65(51(39)69)42-10-12-46(67)59-49(42)68)60-17-18-62(31(2)29-60)37-8-11-45(56-28-37)58-41-22-34(27-57-50(41)72-6)38-13-15-55-48(47(38)32(3)66)64-20-19-63-43(53(64)71)23-33-25-54(4,5)26-44(33)63/h7-9,11,13,15,22-24,27-28,30-32,35,42,66H,10,12,14,16-21,25-26,29H2,1-6H3,(H,56,58)(H,59,67,68)/t30-,31-,32-,35?,42-/m0/s1. The number of fused-ring (bicyclic) bond motifs is 4. The topological polar surface area (TPSA) is 199 Å². The molecule has 18 nitrogen and oxygen atoms in total. The van der Waals surface area contributed by atoms with Crippen LogP contribution >= 0.6 is 0 Å². The van der Waals surface area contributed by atoms with Crippen molar-refractivity contribution in [3.05, 3.63) is 101 Å². The molecule has 0 spiro atoms. The number of anilines is 5. The molecule has 0 bridgehead atoms. The Balaban J connectivity index is 0.731. The number of nitrogens with zero attached hydrogens (tertiary/aromatic N) is 9. The molecule has 4 aromatic heterocycles. The number of benzene rings is 1. The van der Waals surface area contributed by atoms with Gasteiger partial charge >= 0.3 is 0 Å². The molecular weight excluding hydrogens is 915 g/mol. The SMILES string of the molecule is COc1ncc(-c2ccnc(N3CCn4c(cc5c4CC(C)(C)C5)C3=O)c2[C@H](C)O)cc1Nc1ccc(N2CCN(C3CCN(c4ccc5c(c4)C(=O)N([C@H]4CCC(=O)NC4=O)C5=O)[C@@H](C)C3)C[C@@H]2C)cn1. The Morgan fingerprint density at radius 2 is 1.60 bits per heavy atom. The summed E-state index contributed by atoms with van der Waals surface area (Å²) in [6.07, 6.45) is 8.32. The zero-order valence-electron chi connectivity index (χ0n) is 41.6. The van der Waals surface area contributed by atoms with Crippen molar-refractivity contribution in [3.63, 3.8) is 0 Å². The van der Waals surface area contributed by atoms with Gasteiger partial charge in [0.15, 0.2) is 0 Å². The monoisotopic (exact) mass is 975 g/mol. The highest BCUT2D eigenvalue weighted by Crippen LogP contribution is 2.42. The van der Waals surface area contributed by atoms with Gasteiger partial charge in [0.2, 0.25) is 17.7 Å². The molecule has 374 valence electrons. The summed E-state index contributed by atoms with van der Waals surface area (Å²) >= 11 is 0. The van der Waals surface area contributed by atoms with Crippen molar-refractivity contribution >= 4 is 58.2 Å². The van der Waals surface area contributed by atoms with Crippen LogP contribution in [0.5, 0.6) is 5.88 Å². The van der Waals surface area contributed by atoms with Gasteiger partial charge in [0.25, 0.3) is 17.7 Å². The van der Waals surface area contributed by atoms with Crippen molar-refractivity contribution in [3.8, 4) is 17.0 Å². The van der Waals surface area contributed by atoms with E-state index in [2.05, 4.69) is 68.6 Å². The number of piperidine rings is 2. The Labute approximate surface area is 418 Å². The van der Waals surface area contributed by atoms with Gasteiger partial charge in [-0.2, -0.15) is 0 Å². The number of aliphatic hydroxyl groups is 1. The number of aromatic nitrogens is 4. The number of ether oxygens (including phenoxy) is 1. The van der Waals surface area contributed by atoms with Crippen LogP contribution in [0.2, 0.25) is 0 Å². The average Bonchev–Trinajstić information content (AvgIpc) is 3.95. The van der Waals surface area contributed by atoms with Crippen LogP contribution in [-0.4, -0.2) is 128 Å². The van der Waals surface area contributed by atoms with Crippen molar-refractivity contribution in [1.82, 2.24) is 34.6 Å². The number of amides is 5. The van der Waals surface area contributed by atoms with E-state index in [1.807, 2.05) is 36.5 Å². The lowest BCUT2D eigenvalue weighted by Gasteiger charge is -2.48. The van der Waals surface area contributed by atoms with Gasteiger partial charge in [0, 0.05) is 98.7 Å². The van der Waals surface area contributed by atoms with Gasteiger partial charge in [-0.05, 0) is 118 Å². The minimum Gasteiger partial charge on any atom is -0.480 e. The largest absolute Gasteiger partial charge is 0.480 e. The van der Waals surface area contributed by atoms with Gasteiger partial charge < -0.3 is 29.5 Å². The first-order valence-corrected chi connectivity index (χ1v) is 25.2. The molecule has 1 unspecified atom stereocenters. The highest BCUT2D eigenvalue weighted by molar-refractivity contribution is 6.23. The molecular formula is C54H61N11O7. The van der Waals surface area contributed by atoms with Crippen LogP contribution in [0.1, 0.15) is 114 Å². The molecule has 11 rings (SSSR count). The van der Waals surface area contributed by atoms with Gasteiger partial charge in [-0.15, -0.1) is 0 Å². The number of hydrogen-bond donors (Lipinski definition) is 3. The van der Waals surface area contributed by atoms with E-state index in [0.29, 0.717) is 70.3 Å². The first kappa shape index (κ1) is 47.2. The molecule has 0 radical (unpaired) electrons. The number of pyridine rings is 3. The smallest absolute Gasteiger partial charge is 0.276 e. The second-order valence-electron chi connectivity index (χ2n) is 21.1. The molecule has 5 aromatic rings. The first-order valence-electron chi connectivity index (χ1n) is 25.2. The molecule has 18 heteroatoms. The summed E-state index contributed by atoms with van der Waals surface area (Å²) < 4.78 is 7.87. The molecule has 9 heterocycles. The van der Waals surface area contributed by atoms with E-state index < -0.39 is 35.8 Å². The van der Waals surface area contributed by atoms with Crippen LogP contribution in [0, 0.1) is 5.41 Å². The number of hydrogen-bond acceptors (Lipinski definition) is 14. The number of methoxy groups -OCH3 is 1. The quantitative estimate of drug-likeness (QED) is 0.140. The van der Waals surface area contributed by atoms with Crippen LogP contribution < -0.4 is 30.1 Å². The Hall–Kier alpha value is -7.18. The van der Waals surface area contributed by atoms with Crippen molar-refractivity contribution in [2.75, 3.05) is 59.9 Å². The van der Waals surface area contributed by atoms with Crippen LogP contribution in [0.15, 0.2) is 67.1 Å². The minimum absolute atomic E-state index is 0.0796. The van der Waals surface area contributed by atoms with Crippen molar-refractivity contribution in [2.45, 2.75) is 110 Å². The molecule has 5 atom stereocenters. The van der Waals surface area contributed by atoms with E-state index in [0.717, 1.165) is 68.1 Å². The number of aliphatic hydroxyl groups excluding tert-OH is 1. The predicted octanol–water partition coefficient (Wildman–Crippen LogP) is 5.90. The summed E-state index contributed by atoms with van der Waals surface area (Å²) in [6, 6.07) is 15.0. The van der Waals surface area contributed by atoms with E-state index in [9.17, 15) is 29.1 Å². The van der Waals surface area contributed by atoms with Crippen LogP contribution in [0.25, 0.3) is 11.1 Å². The summed E-state index contributed by atoms with van der Waals surface area (Å²) in [6.45, 7) is 15.2. The third-order valence-corrected chi connectivity index (χ3v) is 15.7. The lowest BCUT2D eigenvalue weighted by Crippen LogP contribution is -2.58. The number of carbonyl (C=O) groups is 5. The van der Waals surface area contributed by atoms with Gasteiger partial charge in [-0.3, -0.25) is 44.0 Å². The first-order chi connectivity index (χ1) is 34.6. The normalized spacial score (nSPS) is 23.5. The zero-order chi connectivity index (χ0) is 50.3. The number of piperazine rings is 1. The maximum absolute atomic E-state index is 14.1. The molecule has 5 aliphatic heterocycles. The van der Waals surface area contributed by atoms with Crippen LogP contribution in [0.4, 0.5) is 28.7 Å². The minimum atomic E-state index is -0.994. The van der Waals surface area contributed by atoms with E-state index >= 15 is 0 Å². The summed E-state index contributed by atoms with van der Waals surface area (Å²) in [7, 11) is 1.57. The molecule has 5 amide bonds.